The smallest absolute Gasteiger partial charge is 0.101 e. The van der Waals surface area contributed by atoms with Crippen LogP contribution in [0.15, 0.2) is 35.1 Å². The molecule has 0 aliphatic heterocycles. The zero-order valence-corrected chi connectivity index (χ0v) is 9.76. The van der Waals surface area contributed by atoms with E-state index in [0.717, 1.165) is 29.9 Å². The lowest BCUT2D eigenvalue weighted by atomic mass is 9.95. The molecule has 3 heteroatoms. The molecule has 0 aromatic carbocycles. The lowest BCUT2D eigenvalue weighted by Gasteiger charge is -2.16. The molecule has 0 spiro atoms. The molecular weight excluding hydrogens is 214 g/mol. The quantitative estimate of drug-likeness (QED) is 0.861. The molecule has 0 amide bonds. The van der Waals surface area contributed by atoms with Crippen LogP contribution in [0.2, 0.25) is 0 Å². The fourth-order valence-corrected chi connectivity index (χ4v) is 2.60. The Morgan fingerprint density at radius 2 is 2.41 bits per heavy atom. The Labute approximate surface area is 100 Å². The SMILES string of the molecule is Cc1cc(C(O)C2CCc3cccnc32)co1. The lowest BCUT2D eigenvalue weighted by molar-refractivity contribution is 0.142. The van der Waals surface area contributed by atoms with Crippen molar-refractivity contribution in [3.63, 3.8) is 0 Å². The second-order valence-electron chi connectivity index (χ2n) is 4.63. The third kappa shape index (κ3) is 1.76. The molecule has 1 aliphatic carbocycles. The summed E-state index contributed by atoms with van der Waals surface area (Å²) in [6, 6.07) is 5.94. The molecule has 2 unspecified atom stereocenters. The molecule has 0 fully saturated rings. The van der Waals surface area contributed by atoms with Gasteiger partial charge in [-0.15, -0.1) is 0 Å². The number of aromatic nitrogens is 1. The van der Waals surface area contributed by atoms with Gasteiger partial charge in [0.25, 0.3) is 0 Å². The van der Waals surface area contributed by atoms with Crippen molar-refractivity contribution in [1.82, 2.24) is 4.98 Å². The molecule has 3 nitrogen and oxygen atoms in total. The summed E-state index contributed by atoms with van der Waals surface area (Å²) < 4.78 is 5.25. The Bertz CT molecular complexity index is 533. The van der Waals surface area contributed by atoms with Crippen LogP contribution in [-0.4, -0.2) is 10.1 Å². The number of hydrogen-bond acceptors (Lipinski definition) is 3. The van der Waals surface area contributed by atoms with E-state index in [-0.39, 0.29) is 5.92 Å². The van der Waals surface area contributed by atoms with Gasteiger partial charge in [0.15, 0.2) is 0 Å². The summed E-state index contributed by atoms with van der Waals surface area (Å²) in [5, 5.41) is 10.4. The average Bonchev–Trinajstić information content (AvgIpc) is 2.94. The fraction of sp³-hybridized carbons (Fsp3) is 0.357. The summed E-state index contributed by atoms with van der Waals surface area (Å²) in [6.45, 7) is 1.89. The number of aliphatic hydroxyl groups is 1. The van der Waals surface area contributed by atoms with Gasteiger partial charge in [0.2, 0.25) is 0 Å². The first-order valence-corrected chi connectivity index (χ1v) is 5.92. The molecule has 2 heterocycles. The average molecular weight is 229 g/mol. The van der Waals surface area contributed by atoms with Crippen molar-refractivity contribution in [3.05, 3.63) is 53.2 Å². The molecule has 2 aromatic rings. The number of aliphatic hydroxyl groups excluding tert-OH is 1. The zero-order valence-electron chi connectivity index (χ0n) is 9.76. The van der Waals surface area contributed by atoms with Gasteiger partial charge in [-0.05, 0) is 37.5 Å². The molecule has 1 aliphatic rings. The van der Waals surface area contributed by atoms with E-state index in [0.29, 0.717) is 0 Å². The van der Waals surface area contributed by atoms with Crippen LogP contribution in [0.3, 0.4) is 0 Å². The van der Waals surface area contributed by atoms with Crippen LogP contribution >= 0.6 is 0 Å². The van der Waals surface area contributed by atoms with E-state index in [1.807, 2.05) is 19.1 Å². The first kappa shape index (κ1) is 10.5. The van der Waals surface area contributed by atoms with E-state index in [4.69, 9.17) is 4.42 Å². The first-order chi connectivity index (χ1) is 8.25. The van der Waals surface area contributed by atoms with E-state index < -0.39 is 6.10 Å². The molecule has 1 N–H and O–H groups in total. The molecular formula is C14H15NO2. The molecule has 88 valence electrons. The highest BCUT2D eigenvalue weighted by Gasteiger charge is 2.31. The van der Waals surface area contributed by atoms with Crippen LogP contribution in [0, 0.1) is 6.92 Å². The second-order valence-corrected chi connectivity index (χ2v) is 4.63. The van der Waals surface area contributed by atoms with E-state index >= 15 is 0 Å². The maximum atomic E-state index is 10.4. The van der Waals surface area contributed by atoms with Gasteiger partial charge in [-0.1, -0.05) is 6.07 Å². The van der Waals surface area contributed by atoms with Crippen molar-refractivity contribution in [2.75, 3.05) is 0 Å². The second kappa shape index (κ2) is 4.00. The zero-order chi connectivity index (χ0) is 11.8. The van der Waals surface area contributed by atoms with Gasteiger partial charge >= 0.3 is 0 Å². The third-order valence-electron chi connectivity index (χ3n) is 3.48. The summed E-state index contributed by atoms with van der Waals surface area (Å²) >= 11 is 0. The highest BCUT2D eigenvalue weighted by atomic mass is 16.3. The maximum Gasteiger partial charge on any atom is 0.101 e. The van der Waals surface area contributed by atoms with Crippen LogP contribution in [0.5, 0.6) is 0 Å². The Hall–Kier alpha value is -1.61. The number of furan rings is 1. The van der Waals surface area contributed by atoms with E-state index in [2.05, 4.69) is 11.1 Å². The highest BCUT2D eigenvalue weighted by molar-refractivity contribution is 5.32. The van der Waals surface area contributed by atoms with Crippen molar-refractivity contribution in [1.29, 1.82) is 0 Å². The maximum absolute atomic E-state index is 10.4. The summed E-state index contributed by atoms with van der Waals surface area (Å²) in [4.78, 5) is 4.40. The van der Waals surface area contributed by atoms with Gasteiger partial charge in [0.1, 0.15) is 5.76 Å². The summed E-state index contributed by atoms with van der Waals surface area (Å²) in [5.74, 6) is 0.932. The normalized spacial score (nSPS) is 20.2. The predicted molar refractivity (Wildman–Crippen MR) is 63.7 cm³/mol. The summed E-state index contributed by atoms with van der Waals surface area (Å²) in [5.41, 5.74) is 3.15. The molecule has 3 rings (SSSR count). The van der Waals surface area contributed by atoms with Crippen molar-refractivity contribution in [2.24, 2.45) is 0 Å². The van der Waals surface area contributed by atoms with Gasteiger partial charge in [-0.3, -0.25) is 4.98 Å². The number of fused-ring (bicyclic) bond motifs is 1. The van der Waals surface area contributed by atoms with Crippen LogP contribution in [0.4, 0.5) is 0 Å². The minimum atomic E-state index is -0.511. The standard InChI is InChI=1S/C14H15NO2/c1-9-7-11(8-17-9)14(16)12-5-4-10-3-2-6-15-13(10)12/h2-3,6-8,12,14,16H,4-5H2,1H3. The molecule has 0 radical (unpaired) electrons. The van der Waals surface area contributed by atoms with Crippen molar-refractivity contribution in [2.45, 2.75) is 31.8 Å². The predicted octanol–water partition coefficient (Wildman–Crippen LogP) is 2.75. The highest BCUT2D eigenvalue weighted by Crippen LogP contribution is 2.40. The fourth-order valence-electron chi connectivity index (χ4n) is 2.60. The summed E-state index contributed by atoms with van der Waals surface area (Å²) in [6.07, 6.45) is 4.88. The Balaban J connectivity index is 1.92. The molecule has 2 atom stereocenters. The lowest BCUT2D eigenvalue weighted by Crippen LogP contribution is -2.08. The Morgan fingerprint density at radius 3 is 3.18 bits per heavy atom. The third-order valence-corrected chi connectivity index (χ3v) is 3.48. The molecule has 0 saturated carbocycles. The summed E-state index contributed by atoms with van der Waals surface area (Å²) in [7, 11) is 0. The minimum absolute atomic E-state index is 0.100. The number of pyridine rings is 1. The Kier molecular flexibility index (Phi) is 2.48. The van der Waals surface area contributed by atoms with E-state index in [1.54, 1.807) is 12.5 Å². The van der Waals surface area contributed by atoms with E-state index in [9.17, 15) is 5.11 Å². The van der Waals surface area contributed by atoms with E-state index in [1.165, 1.54) is 5.56 Å². The first-order valence-electron chi connectivity index (χ1n) is 5.92. The number of aryl methyl sites for hydroxylation is 2. The van der Waals surface area contributed by atoms with Crippen LogP contribution in [-0.2, 0) is 6.42 Å². The minimum Gasteiger partial charge on any atom is -0.469 e. The van der Waals surface area contributed by atoms with Crippen molar-refractivity contribution in [3.8, 4) is 0 Å². The van der Waals surface area contributed by atoms with Crippen molar-refractivity contribution >= 4 is 0 Å². The van der Waals surface area contributed by atoms with Gasteiger partial charge < -0.3 is 9.52 Å². The molecule has 0 bridgehead atoms. The van der Waals surface area contributed by atoms with Crippen LogP contribution in [0.25, 0.3) is 0 Å². The Morgan fingerprint density at radius 1 is 1.53 bits per heavy atom. The van der Waals surface area contributed by atoms with Gasteiger partial charge in [0.05, 0.1) is 12.4 Å². The topological polar surface area (TPSA) is 46.3 Å². The van der Waals surface area contributed by atoms with Crippen molar-refractivity contribution < 1.29 is 9.52 Å². The number of nitrogens with zero attached hydrogens (tertiary/aromatic N) is 1. The largest absolute Gasteiger partial charge is 0.469 e. The van der Waals surface area contributed by atoms with Crippen LogP contribution < -0.4 is 0 Å². The van der Waals surface area contributed by atoms with Gasteiger partial charge in [0, 0.05) is 23.4 Å². The van der Waals surface area contributed by atoms with Gasteiger partial charge in [-0.25, -0.2) is 0 Å². The number of hydrogen-bond donors (Lipinski definition) is 1. The van der Waals surface area contributed by atoms with Crippen LogP contribution in [0.1, 0.15) is 41.0 Å². The monoisotopic (exact) mass is 229 g/mol. The number of rotatable bonds is 2. The van der Waals surface area contributed by atoms with Gasteiger partial charge in [-0.2, -0.15) is 0 Å². The molecule has 2 aromatic heterocycles. The molecule has 17 heavy (non-hydrogen) atoms. The molecule has 0 saturated heterocycles.